The number of thiocarbonyl (C=S) groups is 1. The fourth-order valence-electron chi connectivity index (χ4n) is 5.45. The average Bonchev–Trinajstić information content (AvgIpc) is 3.45. The standard InChI is InChI=1S/C30H32N6O3S/c1-20-18-24(21(2)35(20)26-19-23(36(37)38)13-14-27(26)39-3)29-28(25-12-7-8-15-32-25)33-30(40)34(29)17-9-16-31-22-10-5-4-6-11-22/h4-8,10-15,18-19,28-29,31H,9,16-17H2,1-3H3,(H,33,40)/t28-,29-/m0/s1. The summed E-state index contributed by atoms with van der Waals surface area (Å²) in [5.41, 5.74) is 5.59. The molecule has 1 saturated heterocycles. The van der Waals surface area contributed by atoms with Crippen LogP contribution in [0.3, 0.4) is 0 Å². The summed E-state index contributed by atoms with van der Waals surface area (Å²) >= 11 is 5.86. The number of methoxy groups -OCH3 is 1. The zero-order valence-electron chi connectivity index (χ0n) is 22.7. The number of rotatable bonds is 10. The number of benzene rings is 2. The fraction of sp³-hybridized carbons (Fsp3) is 0.267. The molecule has 3 heterocycles. The lowest BCUT2D eigenvalue weighted by molar-refractivity contribution is -0.384. The molecule has 206 valence electrons. The highest BCUT2D eigenvalue weighted by Gasteiger charge is 2.41. The third kappa shape index (κ3) is 5.35. The lowest BCUT2D eigenvalue weighted by Gasteiger charge is -2.28. The van der Waals surface area contributed by atoms with Gasteiger partial charge in [-0.3, -0.25) is 15.1 Å². The number of nitro groups is 1. The zero-order chi connectivity index (χ0) is 28.2. The summed E-state index contributed by atoms with van der Waals surface area (Å²) in [5, 5.41) is 19.3. The van der Waals surface area contributed by atoms with Crippen molar-refractivity contribution in [2.24, 2.45) is 0 Å². The van der Waals surface area contributed by atoms with Crippen molar-refractivity contribution in [3.8, 4) is 11.4 Å². The number of hydrogen-bond donors (Lipinski definition) is 2. The molecule has 0 saturated carbocycles. The minimum absolute atomic E-state index is 0.00691. The van der Waals surface area contributed by atoms with Gasteiger partial charge in [0, 0.05) is 48.5 Å². The third-order valence-electron chi connectivity index (χ3n) is 7.28. The van der Waals surface area contributed by atoms with E-state index in [0.29, 0.717) is 16.5 Å². The first-order chi connectivity index (χ1) is 19.4. The molecular weight excluding hydrogens is 524 g/mol. The van der Waals surface area contributed by atoms with Crippen molar-refractivity contribution in [3.63, 3.8) is 0 Å². The maximum absolute atomic E-state index is 11.6. The third-order valence-corrected chi connectivity index (χ3v) is 7.63. The number of ether oxygens (including phenoxy) is 1. The molecule has 4 aromatic rings. The van der Waals surface area contributed by atoms with Gasteiger partial charge in [0.15, 0.2) is 5.11 Å². The van der Waals surface area contributed by atoms with Gasteiger partial charge in [-0.25, -0.2) is 0 Å². The Labute approximate surface area is 239 Å². The van der Waals surface area contributed by atoms with Gasteiger partial charge in [-0.15, -0.1) is 0 Å². The van der Waals surface area contributed by atoms with Crippen LogP contribution in [-0.4, -0.2) is 44.7 Å². The van der Waals surface area contributed by atoms with Gasteiger partial charge >= 0.3 is 0 Å². The molecular formula is C30H32N6O3S. The molecule has 9 nitrogen and oxygen atoms in total. The molecule has 2 N–H and O–H groups in total. The monoisotopic (exact) mass is 556 g/mol. The summed E-state index contributed by atoms with van der Waals surface area (Å²) in [4.78, 5) is 18.1. The van der Waals surface area contributed by atoms with Crippen LogP contribution < -0.4 is 15.4 Å². The molecule has 0 amide bonds. The number of aromatic nitrogens is 2. The molecule has 0 radical (unpaired) electrons. The van der Waals surface area contributed by atoms with E-state index in [9.17, 15) is 10.1 Å². The van der Waals surface area contributed by atoms with Crippen molar-refractivity contribution in [2.45, 2.75) is 32.4 Å². The van der Waals surface area contributed by atoms with Gasteiger partial charge in [-0.1, -0.05) is 24.3 Å². The lowest BCUT2D eigenvalue weighted by atomic mass is 9.96. The Morgan fingerprint density at radius 3 is 2.58 bits per heavy atom. The molecule has 2 aromatic heterocycles. The normalized spacial score (nSPS) is 16.6. The molecule has 0 spiro atoms. The zero-order valence-corrected chi connectivity index (χ0v) is 23.5. The Balaban J connectivity index is 1.51. The van der Waals surface area contributed by atoms with Crippen molar-refractivity contribution < 1.29 is 9.66 Å². The molecule has 1 aliphatic heterocycles. The Morgan fingerprint density at radius 1 is 1.10 bits per heavy atom. The number of nitrogens with zero attached hydrogens (tertiary/aromatic N) is 4. The summed E-state index contributed by atoms with van der Waals surface area (Å²) in [6, 6.07) is 22.6. The molecule has 5 rings (SSSR count). The first-order valence-corrected chi connectivity index (χ1v) is 13.6. The number of pyridine rings is 1. The first kappa shape index (κ1) is 27.1. The van der Waals surface area contributed by atoms with Crippen LogP contribution in [0.4, 0.5) is 11.4 Å². The predicted octanol–water partition coefficient (Wildman–Crippen LogP) is 5.88. The van der Waals surface area contributed by atoms with Crippen LogP contribution in [0.15, 0.2) is 79.0 Å². The molecule has 0 unspecified atom stereocenters. The van der Waals surface area contributed by atoms with Crippen LogP contribution in [0, 0.1) is 24.0 Å². The highest BCUT2D eigenvalue weighted by atomic mass is 32.1. The molecule has 0 aliphatic carbocycles. The Bertz CT molecular complexity index is 1510. The molecule has 10 heteroatoms. The van der Waals surface area contributed by atoms with Crippen LogP contribution in [0.1, 0.15) is 41.1 Å². The Hall–Kier alpha value is -4.44. The van der Waals surface area contributed by atoms with E-state index in [-0.39, 0.29) is 22.7 Å². The van der Waals surface area contributed by atoms with Crippen LogP contribution in [0.5, 0.6) is 5.75 Å². The highest BCUT2D eigenvalue weighted by Crippen LogP contribution is 2.42. The minimum Gasteiger partial charge on any atom is -0.495 e. The summed E-state index contributed by atoms with van der Waals surface area (Å²) in [6.07, 6.45) is 2.67. The quantitative estimate of drug-likeness (QED) is 0.108. The maximum atomic E-state index is 11.6. The smallest absolute Gasteiger partial charge is 0.271 e. The first-order valence-electron chi connectivity index (χ1n) is 13.2. The van der Waals surface area contributed by atoms with Crippen LogP contribution in [0.2, 0.25) is 0 Å². The van der Waals surface area contributed by atoms with E-state index in [1.54, 1.807) is 25.4 Å². The fourth-order valence-corrected chi connectivity index (χ4v) is 5.78. The number of anilines is 1. The molecule has 2 aromatic carbocycles. The van der Waals surface area contributed by atoms with E-state index < -0.39 is 0 Å². The summed E-state index contributed by atoms with van der Waals surface area (Å²) in [7, 11) is 1.57. The van der Waals surface area contributed by atoms with Crippen LogP contribution >= 0.6 is 12.2 Å². The maximum Gasteiger partial charge on any atom is 0.271 e. The number of nitrogens with one attached hydrogen (secondary N) is 2. The van der Waals surface area contributed by atoms with Gasteiger partial charge in [0.25, 0.3) is 5.69 Å². The second-order valence-corrected chi connectivity index (χ2v) is 10.1. The highest BCUT2D eigenvalue weighted by molar-refractivity contribution is 7.80. The SMILES string of the molecule is COc1ccc([N+](=O)[O-])cc1-n1c(C)cc([C@H]2[C@H](c3ccccn3)NC(=S)N2CCCNc2ccccc2)c1C. The van der Waals surface area contributed by atoms with Crippen LogP contribution in [0.25, 0.3) is 5.69 Å². The molecule has 1 fully saturated rings. The van der Waals surface area contributed by atoms with E-state index in [4.69, 9.17) is 17.0 Å². The van der Waals surface area contributed by atoms with E-state index in [1.807, 2.05) is 54.8 Å². The average molecular weight is 557 g/mol. The Kier molecular flexibility index (Phi) is 7.97. The topological polar surface area (TPSA) is 97.5 Å². The molecule has 40 heavy (non-hydrogen) atoms. The van der Waals surface area contributed by atoms with Gasteiger partial charge in [0.2, 0.25) is 0 Å². The predicted molar refractivity (Wildman–Crippen MR) is 160 cm³/mol. The number of para-hydroxylation sites is 1. The Morgan fingerprint density at radius 2 is 1.88 bits per heavy atom. The summed E-state index contributed by atoms with van der Waals surface area (Å²) < 4.78 is 7.63. The number of hydrogen-bond acceptors (Lipinski definition) is 6. The van der Waals surface area contributed by atoms with E-state index in [0.717, 1.165) is 47.8 Å². The van der Waals surface area contributed by atoms with Crippen molar-refractivity contribution in [2.75, 3.05) is 25.5 Å². The van der Waals surface area contributed by atoms with Gasteiger partial charge in [-0.2, -0.15) is 0 Å². The van der Waals surface area contributed by atoms with Gasteiger partial charge < -0.3 is 24.8 Å². The summed E-state index contributed by atoms with van der Waals surface area (Å²) in [6.45, 7) is 5.57. The molecule has 1 aliphatic rings. The number of aryl methyl sites for hydroxylation is 1. The van der Waals surface area contributed by atoms with Gasteiger partial charge in [0.05, 0.1) is 35.5 Å². The van der Waals surface area contributed by atoms with E-state index >= 15 is 0 Å². The van der Waals surface area contributed by atoms with Crippen molar-refractivity contribution in [1.29, 1.82) is 0 Å². The van der Waals surface area contributed by atoms with Crippen molar-refractivity contribution in [3.05, 3.63) is 112 Å². The minimum atomic E-state index is -0.389. The van der Waals surface area contributed by atoms with E-state index in [2.05, 4.69) is 38.7 Å². The molecule has 2 atom stereocenters. The second kappa shape index (κ2) is 11.7. The largest absolute Gasteiger partial charge is 0.495 e. The number of nitro benzene ring substituents is 1. The van der Waals surface area contributed by atoms with Gasteiger partial charge in [0.1, 0.15) is 5.75 Å². The molecule has 0 bridgehead atoms. The van der Waals surface area contributed by atoms with Crippen molar-refractivity contribution in [1.82, 2.24) is 19.8 Å². The van der Waals surface area contributed by atoms with Crippen molar-refractivity contribution >= 4 is 28.7 Å². The second-order valence-electron chi connectivity index (χ2n) is 9.74. The summed E-state index contributed by atoms with van der Waals surface area (Å²) in [5.74, 6) is 0.559. The lowest BCUT2D eigenvalue weighted by Crippen LogP contribution is -2.31. The van der Waals surface area contributed by atoms with E-state index in [1.165, 1.54) is 6.07 Å². The van der Waals surface area contributed by atoms with Crippen LogP contribution in [-0.2, 0) is 0 Å². The van der Waals surface area contributed by atoms with Gasteiger partial charge in [-0.05, 0) is 74.4 Å². The number of non-ortho nitro benzene ring substituents is 1.